The Labute approximate surface area is 197 Å². The van der Waals surface area contributed by atoms with Crippen molar-refractivity contribution in [3.05, 3.63) is 58.2 Å². The number of hydrogen-bond acceptors (Lipinski definition) is 8. The van der Waals surface area contributed by atoms with Gasteiger partial charge in [0.05, 0.1) is 10.9 Å². The van der Waals surface area contributed by atoms with E-state index in [1.807, 2.05) is 0 Å². The fraction of sp³-hybridized carbons (Fsp3) is 0.375. The number of fused-ring (bicyclic) bond motifs is 1. The van der Waals surface area contributed by atoms with Gasteiger partial charge in [-0.05, 0) is 76.9 Å². The third-order valence-corrected chi connectivity index (χ3v) is 4.88. The Balaban J connectivity index is 1.78. The number of benzene rings is 1. The number of hydrogen-bond donors (Lipinski definition) is 3. The number of carbonyl (C=O) groups excluding carboxylic acids is 2. The van der Waals surface area contributed by atoms with Crippen LogP contribution >= 0.6 is 0 Å². The van der Waals surface area contributed by atoms with Crippen molar-refractivity contribution < 1.29 is 18.7 Å². The van der Waals surface area contributed by atoms with Crippen molar-refractivity contribution in [1.29, 1.82) is 0 Å². The lowest BCUT2D eigenvalue weighted by atomic mass is 10.0. The molecule has 2 heterocycles. The first kappa shape index (κ1) is 24.7. The van der Waals surface area contributed by atoms with Crippen LogP contribution in [0.5, 0.6) is 0 Å². The third kappa shape index (κ3) is 6.09. The molecule has 0 saturated heterocycles. The molecule has 180 valence electrons. The van der Waals surface area contributed by atoms with Crippen molar-refractivity contribution in [1.82, 2.24) is 15.3 Å². The summed E-state index contributed by atoms with van der Waals surface area (Å²) >= 11 is 0. The zero-order valence-corrected chi connectivity index (χ0v) is 20.1. The van der Waals surface area contributed by atoms with E-state index < -0.39 is 22.9 Å². The molecule has 3 rings (SSSR count). The van der Waals surface area contributed by atoms with Gasteiger partial charge < -0.3 is 19.8 Å². The van der Waals surface area contributed by atoms with Gasteiger partial charge in [0.1, 0.15) is 11.1 Å². The first-order valence-electron chi connectivity index (χ1n) is 10.8. The molecule has 10 nitrogen and oxygen atoms in total. The van der Waals surface area contributed by atoms with Crippen LogP contribution in [0.3, 0.4) is 0 Å². The molecule has 0 saturated carbocycles. The fourth-order valence-electron chi connectivity index (χ4n) is 3.15. The van der Waals surface area contributed by atoms with Crippen LogP contribution in [0.25, 0.3) is 10.9 Å². The van der Waals surface area contributed by atoms with E-state index in [0.717, 1.165) is 5.56 Å². The monoisotopic (exact) mass is 467 g/mol. The minimum Gasteiger partial charge on any atom is -0.444 e. The van der Waals surface area contributed by atoms with Crippen LogP contribution < -0.4 is 21.6 Å². The van der Waals surface area contributed by atoms with Crippen molar-refractivity contribution in [2.75, 3.05) is 10.6 Å². The minimum absolute atomic E-state index is 0.0891. The number of carbonyl (C=O) groups is 2. The molecule has 0 aliphatic rings. The van der Waals surface area contributed by atoms with Gasteiger partial charge in [0, 0.05) is 24.6 Å². The Morgan fingerprint density at radius 1 is 1.06 bits per heavy atom. The molecule has 34 heavy (non-hydrogen) atoms. The topological polar surface area (TPSA) is 135 Å². The Hall–Kier alpha value is -3.95. The number of pyridine rings is 1. The van der Waals surface area contributed by atoms with E-state index >= 15 is 0 Å². The van der Waals surface area contributed by atoms with E-state index in [0.29, 0.717) is 23.3 Å². The lowest BCUT2D eigenvalue weighted by Gasteiger charge is -2.24. The smallest absolute Gasteiger partial charge is 0.412 e. The van der Waals surface area contributed by atoms with Gasteiger partial charge >= 0.3 is 11.7 Å². The van der Waals surface area contributed by atoms with Crippen LogP contribution in [-0.4, -0.2) is 33.1 Å². The van der Waals surface area contributed by atoms with Crippen molar-refractivity contribution in [2.45, 2.75) is 59.2 Å². The van der Waals surface area contributed by atoms with Gasteiger partial charge in [-0.1, -0.05) is 0 Å². The highest BCUT2D eigenvalue weighted by Crippen LogP contribution is 2.24. The molecule has 0 fully saturated rings. The molecule has 1 aromatic carbocycles. The normalized spacial score (nSPS) is 11.7. The van der Waals surface area contributed by atoms with Gasteiger partial charge in [0.25, 0.3) is 6.01 Å². The predicted octanol–water partition coefficient (Wildman–Crippen LogP) is 3.75. The summed E-state index contributed by atoms with van der Waals surface area (Å²) in [5.74, 6) is -0.304. The summed E-state index contributed by atoms with van der Waals surface area (Å²) in [5.41, 5.74) is -0.256. The van der Waals surface area contributed by atoms with E-state index in [2.05, 4.69) is 25.9 Å². The van der Waals surface area contributed by atoms with E-state index in [1.54, 1.807) is 78.2 Å². The van der Waals surface area contributed by atoms with Crippen LogP contribution in [0, 0.1) is 6.92 Å². The number of nitrogens with zero attached hydrogens (tertiary/aromatic N) is 2. The Morgan fingerprint density at radius 3 is 2.38 bits per heavy atom. The number of rotatable bonds is 6. The van der Waals surface area contributed by atoms with E-state index in [-0.39, 0.29) is 17.3 Å². The lowest BCUT2D eigenvalue weighted by Crippen LogP contribution is -2.48. The summed E-state index contributed by atoms with van der Waals surface area (Å²) in [6, 6.07) is 6.74. The molecule has 3 aromatic rings. The zero-order valence-electron chi connectivity index (χ0n) is 20.1. The van der Waals surface area contributed by atoms with Crippen molar-refractivity contribution in [3.8, 4) is 0 Å². The van der Waals surface area contributed by atoms with Gasteiger partial charge in [-0.2, -0.15) is 4.98 Å². The minimum atomic E-state index is -1.11. The summed E-state index contributed by atoms with van der Waals surface area (Å²) in [6.45, 7) is 10.6. The van der Waals surface area contributed by atoms with Crippen LogP contribution in [0.4, 0.5) is 16.5 Å². The molecule has 3 N–H and O–H groups in total. The van der Waals surface area contributed by atoms with Gasteiger partial charge in [0.15, 0.2) is 0 Å². The number of amides is 2. The quantitative estimate of drug-likeness (QED) is 0.499. The average Bonchev–Trinajstić information content (AvgIpc) is 2.73. The third-order valence-electron chi connectivity index (χ3n) is 4.88. The molecule has 10 heteroatoms. The summed E-state index contributed by atoms with van der Waals surface area (Å²) in [6.07, 6.45) is 2.66. The molecule has 0 radical (unpaired) electrons. The molecular formula is C24H29N5O5. The number of ether oxygens (including phenoxy) is 1. The van der Waals surface area contributed by atoms with E-state index in [1.165, 1.54) is 0 Å². The second-order valence-electron chi connectivity index (χ2n) is 9.35. The molecule has 0 bridgehead atoms. The summed E-state index contributed by atoms with van der Waals surface area (Å²) in [7, 11) is 0. The first-order chi connectivity index (χ1) is 15.9. The molecular weight excluding hydrogens is 438 g/mol. The molecule has 0 aliphatic carbocycles. The van der Waals surface area contributed by atoms with Crippen molar-refractivity contribution >= 4 is 34.6 Å². The summed E-state index contributed by atoms with van der Waals surface area (Å²) < 4.78 is 10.6. The van der Waals surface area contributed by atoms with Crippen LogP contribution in [0.2, 0.25) is 0 Å². The standard InChI is InChI=1S/C24H29N5O5/c1-14-16(28-22(32)34-23(2,3)4)7-8-17-18(14)19(30)33-21(27-17)29-24(5,6)20(31)26-13-15-9-11-25-12-10-15/h7-12H,13H2,1-6H3,(H,26,31)(H,27,29)(H,28,32). The maximum absolute atomic E-state index is 12.8. The van der Waals surface area contributed by atoms with Gasteiger partial charge in [-0.3, -0.25) is 15.1 Å². The fourth-order valence-corrected chi connectivity index (χ4v) is 3.15. The molecule has 0 unspecified atom stereocenters. The van der Waals surface area contributed by atoms with Gasteiger partial charge in [-0.25, -0.2) is 9.59 Å². The molecule has 0 aliphatic heterocycles. The van der Waals surface area contributed by atoms with Gasteiger partial charge in [0.2, 0.25) is 5.91 Å². The van der Waals surface area contributed by atoms with Crippen molar-refractivity contribution in [2.24, 2.45) is 0 Å². The highest BCUT2D eigenvalue weighted by molar-refractivity contribution is 5.93. The zero-order chi connectivity index (χ0) is 25.1. The maximum Gasteiger partial charge on any atom is 0.412 e. The summed E-state index contributed by atoms with van der Waals surface area (Å²) in [4.78, 5) is 45.9. The predicted molar refractivity (Wildman–Crippen MR) is 129 cm³/mol. The van der Waals surface area contributed by atoms with Gasteiger partial charge in [-0.15, -0.1) is 0 Å². The van der Waals surface area contributed by atoms with E-state index in [4.69, 9.17) is 9.15 Å². The second-order valence-corrected chi connectivity index (χ2v) is 9.35. The van der Waals surface area contributed by atoms with Crippen LogP contribution in [-0.2, 0) is 16.1 Å². The van der Waals surface area contributed by atoms with Crippen LogP contribution in [0.15, 0.2) is 45.9 Å². The Kier molecular flexibility index (Phi) is 6.90. The average molecular weight is 468 g/mol. The molecule has 0 spiro atoms. The second kappa shape index (κ2) is 9.50. The lowest BCUT2D eigenvalue weighted by molar-refractivity contribution is -0.124. The SMILES string of the molecule is Cc1c(NC(=O)OC(C)(C)C)ccc2nc(NC(C)(C)C(=O)NCc3ccncc3)oc(=O)c12. The van der Waals surface area contributed by atoms with Crippen molar-refractivity contribution in [3.63, 3.8) is 0 Å². The molecule has 2 aromatic heterocycles. The Bertz CT molecular complexity index is 1260. The highest BCUT2D eigenvalue weighted by Gasteiger charge is 2.29. The van der Waals surface area contributed by atoms with Crippen LogP contribution in [0.1, 0.15) is 45.7 Å². The number of anilines is 2. The maximum atomic E-state index is 12.8. The molecule has 2 amide bonds. The number of nitrogens with one attached hydrogen (secondary N) is 3. The number of aryl methyl sites for hydroxylation is 1. The molecule has 0 atom stereocenters. The highest BCUT2D eigenvalue weighted by atomic mass is 16.6. The number of aromatic nitrogens is 2. The largest absolute Gasteiger partial charge is 0.444 e. The Morgan fingerprint density at radius 2 is 1.74 bits per heavy atom. The first-order valence-corrected chi connectivity index (χ1v) is 10.8. The van der Waals surface area contributed by atoms with E-state index in [9.17, 15) is 14.4 Å². The summed E-state index contributed by atoms with van der Waals surface area (Å²) in [5, 5.41) is 8.58.